The van der Waals surface area contributed by atoms with Crippen LogP contribution in [0.5, 0.6) is 0 Å². The first-order valence-electron chi connectivity index (χ1n) is 7.87. The largest absolute Gasteiger partial charge is 0.394 e. The number of anilines is 2. The molecule has 0 aliphatic heterocycles. The second-order valence-corrected chi connectivity index (χ2v) is 4.94. The molecule has 21 heavy (non-hydrogen) atoms. The van der Waals surface area contributed by atoms with Gasteiger partial charge in [0.05, 0.1) is 24.6 Å². The first-order chi connectivity index (χ1) is 10.2. The van der Waals surface area contributed by atoms with Gasteiger partial charge in [0.2, 0.25) is 0 Å². The number of nitrogens with two attached hydrogens (primary N) is 1. The van der Waals surface area contributed by atoms with Crippen LogP contribution in [0.25, 0.3) is 0 Å². The minimum absolute atomic E-state index is 0.677. The van der Waals surface area contributed by atoms with E-state index in [1.165, 1.54) is 0 Å². The molecule has 6 nitrogen and oxygen atoms in total. The van der Waals surface area contributed by atoms with Gasteiger partial charge < -0.3 is 20.1 Å². The fourth-order valence-corrected chi connectivity index (χ4v) is 2.34. The Labute approximate surface area is 128 Å². The average Bonchev–Trinajstić information content (AvgIpc) is 2.73. The Balaban J connectivity index is 2.84. The zero-order valence-electron chi connectivity index (χ0n) is 13.9. The second-order valence-electron chi connectivity index (χ2n) is 4.94. The Hall–Kier alpha value is -1.27. The Morgan fingerprint density at radius 2 is 1.67 bits per heavy atom. The molecule has 1 aromatic heterocycles. The van der Waals surface area contributed by atoms with E-state index in [9.17, 15) is 0 Å². The van der Waals surface area contributed by atoms with E-state index in [0.717, 1.165) is 56.3 Å². The first-order valence-corrected chi connectivity index (χ1v) is 7.87. The van der Waals surface area contributed by atoms with Gasteiger partial charge in [-0.15, -0.1) is 0 Å². The van der Waals surface area contributed by atoms with Gasteiger partial charge in [0.15, 0.2) is 5.82 Å². The molecule has 122 valence electrons. The third kappa shape index (κ3) is 5.21. The van der Waals surface area contributed by atoms with E-state index in [4.69, 9.17) is 15.2 Å². The molecule has 0 saturated carbocycles. The minimum Gasteiger partial charge on any atom is -0.394 e. The number of aryl methyl sites for hydroxylation is 2. The maximum absolute atomic E-state index is 6.29. The van der Waals surface area contributed by atoms with Crippen LogP contribution in [0.1, 0.15) is 32.9 Å². The fourth-order valence-electron chi connectivity index (χ4n) is 2.34. The molecule has 0 bridgehead atoms. The minimum atomic E-state index is 0.677. The molecule has 1 rings (SSSR count). The van der Waals surface area contributed by atoms with E-state index in [1.807, 2.05) is 25.6 Å². The van der Waals surface area contributed by atoms with Crippen LogP contribution in [0.3, 0.4) is 0 Å². The molecular weight excluding hydrogens is 268 g/mol. The molecule has 1 heterocycles. The van der Waals surface area contributed by atoms with Crippen molar-refractivity contribution in [1.82, 2.24) is 9.78 Å². The van der Waals surface area contributed by atoms with E-state index in [2.05, 4.69) is 16.9 Å². The predicted molar refractivity (Wildman–Crippen MR) is 86.8 cm³/mol. The summed E-state index contributed by atoms with van der Waals surface area (Å²) in [4.78, 5) is 2.20. The van der Waals surface area contributed by atoms with Gasteiger partial charge in [0.1, 0.15) is 0 Å². The zero-order chi connectivity index (χ0) is 15.7. The Morgan fingerprint density at radius 1 is 1.10 bits per heavy atom. The number of ether oxygens (including phenoxy) is 2. The van der Waals surface area contributed by atoms with E-state index in [0.29, 0.717) is 13.2 Å². The summed E-state index contributed by atoms with van der Waals surface area (Å²) in [5.41, 5.74) is 8.06. The molecule has 6 heteroatoms. The SMILES string of the molecule is CCCc1nn(C)c(N(CCOCC)CCOCC)c1N. The Bertz CT molecular complexity index is 397. The highest BCUT2D eigenvalue weighted by Crippen LogP contribution is 2.26. The van der Waals surface area contributed by atoms with E-state index in [-0.39, 0.29) is 0 Å². The lowest BCUT2D eigenvalue weighted by Gasteiger charge is -2.25. The smallest absolute Gasteiger partial charge is 0.150 e. The molecule has 0 fully saturated rings. The summed E-state index contributed by atoms with van der Waals surface area (Å²) in [5.74, 6) is 0.970. The highest BCUT2D eigenvalue weighted by Gasteiger charge is 2.18. The van der Waals surface area contributed by atoms with Crippen molar-refractivity contribution in [3.63, 3.8) is 0 Å². The summed E-state index contributed by atoms with van der Waals surface area (Å²) in [6.45, 7) is 10.5. The highest BCUT2D eigenvalue weighted by molar-refractivity contribution is 5.66. The molecule has 2 N–H and O–H groups in total. The fraction of sp³-hybridized carbons (Fsp3) is 0.800. The van der Waals surface area contributed by atoms with Gasteiger partial charge in [-0.1, -0.05) is 13.3 Å². The summed E-state index contributed by atoms with van der Waals surface area (Å²) >= 11 is 0. The van der Waals surface area contributed by atoms with Crippen molar-refractivity contribution in [2.45, 2.75) is 33.6 Å². The molecule has 0 spiro atoms. The molecule has 0 aliphatic carbocycles. The number of nitrogen functional groups attached to an aromatic ring is 1. The van der Waals surface area contributed by atoms with Crippen LogP contribution in [0, 0.1) is 0 Å². The molecule has 0 radical (unpaired) electrons. The van der Waals surface area contributed by atoms with Crippen molar-refractivity contribution in [3.05, 3.63) is 5.69 Å². The van der Waals surface area contributed by atoms with E-state index >= 15 is 0 Å². The Kier molecular flexibility index (Phi) is 8.15. The van der Waals surface area contributed by atoms with Crippen molar-refractivity contribution in [3.8, 4) is 0 Å². The molecule has 0 saturated heterocycles. The van der Waals surface area contributed by atoms with Crippen molar-refractivity contribution in [2.24, 2.45) is 7.05 Å². The van der Waals surface area contributed by atoms with Gasteiger partial charge in [0.25, 0.3) is 0 Å². The van der Waals surface area contributed by atoms with Crippen molar-refractivity contribution < 1.29 is 9.47 Å². The Morgan fingerprint density at radius 3 is 2.14 bits per heavy atom. The third-order valence-electron chi connectivity index (χ3n) is 3.33. The van der Waals surface area contributed by atoms with Crippen LogP contribution in [0.15, 0.2) is 0 Å². The predicted octanol–water partition coefficient (Wildman–Crippen LogP) is 1.83. The molecule has 0 amide bonds. The average molecular weight is 298 g/mol. The van der Waals surface area contributed by atoms with Crippen LogP contribution in [-0.2, 0) is 22.9 Å². The molecule has 0 atom stereocenters. The lowest BCUT2D eigenvalue weighted by atomic mass is 10.2. The molecule has 0 aromatic carbocycles. The lowest BCUT2D eigenvalue weighted by molar-refractivity contribution is 0.141. The van der Waals surface area contributed by atoms with Gasteiger partial charge in [-0.05, 0) is 20.3 Å². The van der Waals surface area contributed by atoms with Crippen LogP contribution in [0.4, 0.5) is 11.5 Å². The van der Waals surface area contributed by atoms with Gasteiger partial charge in [-0.25, -0.2) is 0 Å². The normalized spacial score (nSPS) is 11.0. The molecule has 1 aromatic rings. The lowest BCUT2D eigenvalue weighted by Crippen LogP contribution is -2.33. The van der Waals surface area contributed by atoms with E-state index < -0.39 is 0 Å². The molecule has 0 aliphatic rings. The second kappa shape index (κ2) is 9.63. The quantitative estimate of drug-likeness (QED) is 0.631. The third-order valence-corrected chi connectivity index (χ3v) is 3.33. The number of hydrogen-bond donors (Lipinski definition) is 1. The monoisotopic (exact) mass is 298 g/mol. The van der Waals surface area contributed by atoms with Crippen LogP contribution in [0.2, 0.25) is 0 Å². The molecular formula is C15H30N4O2. The van der Waals surface area contributed by atoms with Gasteiger partial charge in [-0.2, -0.15) is 5.10 Å². The van der Waals surface area contributed by atoms with Gasteiger partial charge in [0, 0.05) is 33.4 Å². The maximum atomic E-state index is 6.29. The zero-order valence-corrected chi connectivity index (χ0v) is 13.9. The van der Waals surface area contributed by atoms with Gasteiger partial charge in [-0.3, -0.25) is 4.68 Å². The number of nitrogens with zero attached hydrogens (tertiary/aromatic N) is 3. The van der Waals surface area contributed by atoms with Crippen molar-refractivity contribution >= 4 is 11.5 Å². The maximum Gasteiger partial charge on any atom is 0.150 e. The standard InChI is InChI=1S/C15H30N4O2/c1-5-8-13-14(16)15(18(4)17-13)19(9-11-20-6-2)10-12-21-7-3/h5-12,16H2,1-4H3. The molecule has 0 unspecified atom stereocenters. The van der Waals surface area contributed by atoms with Crippen LogP contribution >= 0.6 is 0 Å². The summed E-state index contributed by atoms with van der Waals surface area (Å²) in [6.07, 6.45) is 1.95. The van der Waals surface area contributed by atoms with Crippen molar-refractivity contribution in [1.29, 1.82) is 0 Å². The summed E-state index contributed by atoms with van der Waals surface area (Å²) < 4.78 is 12.8. The highest BCUT2D eigenvalue weighted by atomic mass is 16.5. The topological polar surface area (TPSA) is 65.5 Å². The van der Waals surface area contributed by atoms with Crippen LogP contribution < -0.4 is 10.6 Å². The van der Waals surface area contributed by atoms with Gasteiger partial charge >= 0.3 is 0 Å². The summed E-state index contributed by atoms with van der Waals surface area (Å²) in [5, 5.41) is 4.55. The van der Waals surface area contributed by atoms with E-state index in [1.54, 1.807) is 0 Å². The summed E-state index contributed by atoms with van der Waals surface area (Å²) in [7, 11) is 1.94. The number of aromatic nitrogens is 2. The summed E-state index contributed by atoms with van der Waals surface area (Å²) in [6, 6.07) is 0. The van der Waals surface area contributed by atoms with Crippen molar-refractivity contribution in [2.75, 3.05) is 50.2 Å². The van der Waals surface area contributed by atoms with Crippen LogP contribution in [-0.4, -0.2) is 49.3 Å². The number of hydrogen-bond acceptors (Lipinski definition) is 5. The first kappa shape index (κ1) is 17.8. The number of rotatable bonds is 11.